The Morgan fingerprint density at radius 3 is 2.43 bits per heavy atom. The third-order valence-electron chi connectivity index (χ3n) is 4.43. The van der Waals surface area contributed by atoms with Crippen LogP contribution in [0.15, 0.2) is 72.8 Å². The summed E-state index contributed by atoms with van der Waals surface area (Å²) in [7, 11) is 1.30. The molecule has 0 aliphatic heterocycles. The predicted molar refractivity (Wildman–Crippen MR) is 111 cm³/mol. The van der Waals surface area contributed by atoms with Gasteiger partial charge in [-0.25, -0.2) is 4.79 Å². The van der Waals surface area contributed by atoms with E-state index in [2.05, 4.69) is 15.6 Å². The minimum absolute atomic E-state index is 0.276. The highest BCUT2D eigenvalue weighted by Gasteiger charge is 2.12. The van der Waals surface area contributed by atoms with Crippen LogP contribution in [0.5, 0.6) is 0 Å². The van der Waals surface area contributed by atoms with E-state index < -0.39 is 5.97 Å². The molecule has 8 heteroatoms. The molecule has 4 rings (SSSR count). The molecule has 0 radical (unpaired) electrons. The molecule has 0 aliphatic carbocycles. The number of anilines is 1. The Morgan fingerprint density at radius 2 is 1.70 bits per heavy atom. The van der Waals surface area contributed by atoms with Gasteiger partial charge >= 0.3 is 5.97 Å². The van der Waals surface area contributed by atoms with Crippen LogP contribution >= 0.6 is 0 Å². The molecule has 0 unspecified atom stereocenters. The molecular weight excluding hydrogens is 384 g/mol. The average molecular weight is 402 g/mol. The summed E-state index contributed by atoms with van der Waals surface area (Å²) in [5, 5.41) is 10.6. The lowest BCUT2D eigenvalue weighted by atomic mass is 10.1. The highest BCUT2D eigenvalue weighted by molar-refractivity contribution is 5.93. The minimum atomic E-state index is -0.485. The molecule has 4 aromatic rings. The summed E-state index contributed by atoms with van der Waals surface area (Å²) < 4.78 is 4.71. The van der Waals surface area contributed by atoms with E-state index in [1.165, 1.54) is 7.11 Å². The van der Waals surface area contributed by atoms with Crippen molar-refractivity contribution in [2.45, 2.75) is 0 Å². The molecule has 150 valence electrons. The summed E-state index contributed by atoms with van der Waals surface area (Å²) in [4.78, 5) is 30.5. The number of carbonyl (C=O) groups excluding carboxylic acids is 2. The van der Waals surface area contributed by atoms with Gasteiger partial charge in [-0.2, -0.15) is 0 Å². The van der Waals surface area contributed by atoms with Crippen LogP contribution in [-0.2, 0) is 9.53 Å². The molecule has 1 heterocycles. The highest BCUT2D eigenvalue weighted by Crippen LogP contribution is 2.21. The van der Waals surface area contributed by atoms with Crippen LogP contribution in [0.25, 0.3) is 22.2 Å². The SMILES string of the molecule is COC(=O)c1ccc2nnn(OCC(=O)Nc3ccc(-c4ccccc4)cc3)c2c1. The Balaban J connectivity index is 1.40. The molecule has 0 spiro atoms. The summed E-state index contributed by atoms with van der Waals surface area (Å²) in [6.07, 6.45) is 0. The molecule has 0 atom stereocenters. The van der Waals surface area contributed by atoms with E-state index in [0.29, 0.717) is 22.3 Å². The molecule has 0 aliphatic rings. The van der Waals surface area contributed by atoms with Gasteiger partial charge in [-0.1, -0.05) is 47.3 Å². The maximum absolute atomic E-state index is 12.2. The normalized spacial score (nSPS) is 10.6. The first kappa shape index (κ1) is 19.1. The molecule has 1 N–H and O–H groups in total. The van der Waals surface area contributed by atoms with Gasteiger partial charge in [0.15, 0.2) is 6.61 Å². The zero-order valence-corrected chi connectivity index (χ0v) is 16.1. The zero-order chi connectivity index (χ0) is 20.9. The van der Waals surface area contributed by atoms with Gasteiger partial charge in [0.05, 0.1) is 12.7 Å². The number of nitrogens with one attached hydrogen (secondary N) is 1. The summed E-state index contributed by atoms with van der Waals surface area (Å²) in [6.45, 7) is -0.276. The van der Waals surface area contributed by atoms with Crippen LogP contribution in [0, 0.1) is 0 Å². The van der Waals surface area contributed by atoms with Crippen molar-refractivity contribution in [1.29, 1.82) is 0 Å². The smallest absolute Gasteiger partial charge is 0.337 e. The number of esters is 1. The van der Waals surface area contributed by atoms with Crippen molar-refractivity contribution in [2.75, 3.05) is 19.0 Å². The van der Waals surface area contributed by atoms with E-state index >= 15 is 0 Å². The van der Waals surface area contributed by atoms with E-state index in [1.807, 2.05) is 54.6 Å². The molecule has 0 saturated carbocycles. The number of nitrogens with zero attached hydrogens (tertiary/aromatic N) is 3. The maximum atomic E-state index is 12.2. The molecule has 0 fully saturated rings. The van der Waals surface area contributed by atoms with Gasteiger partial charge in [0.1, 0.15) is 11.0 Å². The molecule has 30 heavy (non-hydrogen) atoms. The van der Waals surface area contributed by atoms with Crippen LogP contribution in [0.3, 0.4) is 0 Å². The first-order chi connectivity index (χ1) is 14.6. The van der Waals surface area contributed by atoms with Gasteiger partial charge in [0.2, 0.25) is 0 Å². The molecule has 0 bridgehead atoms. The Hall–Kier alpha value is -4.20. The number of hydrogen-bond donors (Lipinski definition) is 1. The molecule has 8 nitrogen and oxygen atoms in total. The van der Waals surface area contributed by atoms with Crippen molar-refractivity contribution in [3.8, 4) is 11.1 Å². The van der Waals surface area contributed by atoms with Crippen LogP contribution in [-0.4, -0.2) is 40.8 Å². The van der Waals surface area contributed by atoms with Crippen LogP contribution in [0.1, 0.15) is 10.4 Å². The molecule has 3 aromatic carbocycles. The number of methoxy groups -OCH3 is 1. The lowest BCUT2D eigenvalue weighted by Crippen LogP contribution is -2.26. The van der Waals surface area contributed by atoms with Crippen molar-refractivity contribution in [2.24, 2.45) is 0 Å². The van der Waals surface area contributed by atoms with E-state index in [9.17, 15) is 9.59 Å². The van der Waals surface area contributed by atoms with Gasteiger partial charge < -0.3 is 14.9 Å². The number of rotatable bonds is 6. The van der Waals surface area contributed by atoms with Crippen molar-refractivity contribution in [3.05, 3.63) is 78.4 Å². The van der Waals surface area contributed by atoms with Gasteiger partial charge in [0.25, 0.3) is 5.91 Å². The van der Waals surface area contributed by atoms with E-state index in [4.69, 9.17) is 9.57 Å². The second-order valence-corrected chi connectivity index (χ2v) is 6.42. The topological polar surface area (TPSA) is 95.3 Å². The summed E-state index contributed by atoms with van der Waals surface area (Å²) in [5.74, 6) is -0.837. The average Bonchev–Trinajstić information content (AvgIpc) is 3.20. The van der Waals surface area contributed by atoms with Gasteiger partial charge in [-0.05, 0) is 46.7 Å². The summed E-state index contributed by atoms with van der Waals surface area (Å²) >= 11 is 0. The number of fused-ring (bicyclic) bond motifs is 1. The number of benzene rings is 3. The fraction of sp³-hybridized carbons (Fsp3) is 0.0909. The molecular formula is C22H18N4O4. The van der Waals surface area contributed by atoms with Crippen molar-refractivity contribution in [3.63, 3.8) is 0 Å². The number of hydrogen-bond acceptors (Lipinski definition) is 6. The van der Waals surface area contributed by atoms with Crippen LogP contribution in [0.2, 0.25) is 0 Å². The highest BCUT2D eigenvalue weighted by atomic mass is 16.7. The van der Waals surface area contributed by atoms with Crippen LogP contribution < -0.4 is 10.2 Å². The summed E-state index contributed by atoms with van der Waals surface area (Å²) in [6, 6.07) is 22.2. The quantitative estimate of drug-likeness (QED) is 0.498. The Bertz CT molecular complexity index is 1190. The number of amides is 1. The first-order valence-electron chi connectivity index (χ1n) is 9.16. The fourth-order valence-electron chi connectivity index (χ4n) is 2.93. The largest absolute Gasteiger partial charge is 0.465 e. The number of carbonyl (C=O) groups is 2. The van der Waals surface area contributed by atoms with E-state index in [0.717, 1.165) is 16.0 Å². The number of ether oxygens (including phenoxy) is 1. The Morgan fingerprint density at radius 1 is 0.967 bits per heavy atom. The minimum Gasteiger partial charge on any atom is -0.465 e. The third kappa shape index (κ3) is 4.12. The monoisotopic (exact) mass is 402 g/mol. The molecule has 0 saturated heterocycles. The lowest BCUT2D eigenvalue weighted by molar-refractivity contribution is -0.121. The third-order valence-corrected chi connectivity index (χ3v) is 4.43. The van der Waals surface area contributed by atoms with Crippen LogP contribution in [0.4, 0.5) is 5.69 Å². The fourth-order valence-corrected chi connectivity index (χ4v) is 2.93. The Labute approximate surface area is 172 Å². The standard InChI is InChI=1S/C22H18N4O4/c1-29-22(28)17-9-12-19-20(13-17)26(25-24-19)30-14-21(27)23-18-10-7-16(8-11-18)15-5-3-2-4-6-15/h2-13H,14H2,1H3,(H,23,27). The first-order valence-corrected chi connectivity index (χ1v) is 9.16. The van der Waals surface area contributed by atoms with Crippen molar-refractivity contribution >= 4 is 28.6 Å². The second kappa shape index (κ2) is 8.44. The zero-order valence-electron chi connectivity index (χ0n) is 16.1. The lowest BCUT2D eigenvalue weighted by Gasteiger charge is -2.08. The number of aromatic nitrogens is 3. The van der Waals surface area contributed by atoms with Gasteiger partial charge in [-0.15, -0.1) is 5.10 Å². The van der Waals surface area contributed by atoms with Crippen molar-refractivity contribution in [1.82, 2.24) is 15.2 Å². The second-order valence-electron chi connectivity index (χ2n) is 6.42. The maximum Gasteiger partial charge on any atom is 0.337 e. The Kier molecular flexibility index (Phi) is 5.38. The molecule has 1 aromatic heterocycles. The summed E-state index contributed by atoms with van der Waals surface area (Å²) in [5.41, 5.74) is 4.13. The van der Waals surface area contributed by atoms with Crippen molar-refractivity contribution < 1.29 is 19.2 Å². The molecule has 1 amide bonds. The van der Waals surface area contributed by atoms with Gasteiger partial charge in [-0.3, -0.25) is 4.79 Å². The predicted octanol–water partition coefficient (Wildman–Crippen LogP) is 2.95. The van der Waals surface area contributed by atoms with E-state index in [-0.39, 0.29) is 12.5 Å². The van der Waals surface area contributed by atoms with E-state index in [1.54, 1.807) is 18.2 Å². The van der Waals surface area contributed by atoms with Gasteiger partial charge in [0, 0.05) is 5.69 Å².